The molecule has 0 spiro atoms. The number of carbonyl (C=O) groups is 1. The highest BCUT2D eigenvalue weighted by Gasteiger charge is 2.09. The molecule has 0 aliphatic rings. The summed E-state index contributed by atoms with van der Waals surface area (Å²) < 4.78 is 5.34. The number of aldehydes is 1. The van der Waals surface area contributed by atoms with Crippen molar-refractivity contribution in [3.63, 3.8) is 0 Å². The molecule has 0 atom stereocenters. The fraction of sp³-hybridized carbons (Fsp3) is 0.286. The van der Waals surface area contributed by atoms with Crippen LogP contribution in [0.25, 0.3) is 11.3 Å². The lowest BCUT2D eigenvalue weighted by molar-refractivity contribution is -0.107. The lowest BCUT2D eigenvalue weighted by atomic mass is 10.1. The Bertz CT molecular complexity index is 519. The van der Waals surface area contributed by atoms with Crippen LogP contribution in [-0.4, -0.2) is 16.4 Å². The van der Waals surface area contributed by atoms with Crippen LogP contribution in [-0.2, 0) is 11.2 Å². The standard InChI is InChI=1S/C14H15NO3/c16-9-5-1-2-8-14-15-12(10-18-14)11-6-3-4-7-13(11)17/h3-4,6-7,9-10,17H,1-2,5,8H2. The topological polar surface area (TPSA) is 63.3 Å². The van der Waals surface area contributed by atoms with Gasteiger partial charge in [-0.05, 0) is 25.0 Å². The van der Waals surface area contributed by atoms with E-state index >= 15 is 0 Å². The predicted octanol–water partition coefficient (Wildman–Crippen LogP) is 2.96. The van der Waals surface area contributed by atoms with Crippen LogP contribution in [0.2, 0.25) is 0 Å². The molecule has 4 heteroatoms. The van der Waals surface area contributed by atoms with E-state index < -0.39 is 0 Å². The molecule has 0 aliphatic heterocycles. The smallest absolute Gasteiger partial charge is 0.194 e. The van der Waals surface area contributed by atoms with E-state index in [0.29, 0.717) is 30.0 Å². The molecule has 0 aliphatic carbocycles. The molecule has 0 bridgehead atoms. The van der Waals surface area contributed by atoms with Crippen molar-refractivity contribution in [3.8, 4) is 17.0 Å². The average molecular weight is 245 g/mol. The number of aromatic hydroxyl groups is 1. The minimum Gasteiger partial charge on any atom is -0.507 e. The van der Waals surface area contributed by atoms with Gasteiger partial charge >= 0.3 is 0 Å². The first kappa shape index (κ1) is 12.4. The Morgan fingerprint density at radius 1 is 1.28 bits per heavy atom. The summed E-state index contributed by atoms with van der Waals surface area (Å²) in [5.74, 6) is 0.831. The van der Waals surface area contributed by atoms with Crippen molar-refractivity contribution in [2.45, 2.75) is 25.7 Å². The maximum Gasteiger partial charge on any atom is 0.194 e. The number of oxazole rings is 1. The minimum absolute atomic E-state index is 0.193. The van der Waals surface area contributed by atoms with Gasteiger partial charge in [0.1, 0.15) is 24.0 Å². The van der Waals surface area contributed by atoms with E-state index in [1.165, 1.54) is 0 Å². The van der Waals surface area contributed by atoms with Crippen LogP contribution in [0, 0.1) is 0 Å². The van der Waals surface area contributed by atoms with E-state index in [1.807, 2.05) is 6.07 Å². The monoisotopic (exact) mass is 245 g/mol. The Balaban J connectivity index is 2.02. The highest BCUT2D eigenvalue weighted by Crippen LogP contribution is 2.27. The summed E-state index contributed by atoms with van der Waals surface area (Å²) in [6.07, 6.45) is 5.47. The zero-order valence-corrected chi connectivity index (χ0v) is 10.0. The maximum atomic E-state index is 10.2. The molecule has 2 rings (SSSR count). The van der Waals surface area contributed by atoms with E-state index in [4.69, 9.17) is 4.42 Å². The Morgan fingerprint density at radius 2 is 2.11 bits per heavy atom. The quantitative estimate of drug-likeness (QED) is 0.627. The Labute approximate surface area is 105 Å². The highest BCUT2D eigenvalue weighted by atomic mass is 16.3. The van der Waals surface area contributed by atoms with Crippen molar-refractivity contribution >= 4 is 6.29 Å². The summed E-state index contributed by atoms with van der Waals surface area (Å²) in [5.41, 5.74) is 1.30. The van der Waals surface area contributed by atoms with Crippen molar-refractivity contribution in [1.29, 1.82) is 0 Å². The summed E-state index contributed by atoms with van der Waals surface area (Å²) in [6, 6.07) is 7.02. The van der Waals surface area contributed by atoms with Gasteiger partial charge in [-0.25, -0.2) is 4.98 Å². The molecule has 0 saturated carbocycles. The summed E-state index contributed by atoms with van der Waals surface area (Å²) in [7, 11) is 0. The van der Waals surface area contributed by atoms with Crippen molar-refractivity contribution < 1.29 is 14.3 Å². The van der Waals surface area contributed by atoms with Gasteiger partial charge in [0.2, 0.25) is 0 Å². The number of hydrogen-bond acceptors (Lipinski definition) is 4. The van der Waals surface area contributed by atoms with Gasteiger partial charge in [-0.1, -0.05) is 12.1 Å². The van der Waals surface area contributed by atoms with Crippen molar-refractivity contribution in [3.05, 3.63) is 36.4 Å². The number of aromatic nitrogens is 1. The molecule has 1 heterocycles. The van der Waals surface area contributed by atoms with E-state index in [0.717, 1.165) is 19.1 Å². The number of carbonyl (C=O) groups excluding carboxylic acids is 1. The third-order valence-corrected chi connectivity index (χ3v) is 2.69. The minimum atomic E-state index is 0.193. The molecule has 2 aromatic rings. The van der Waals surface area contributed by atoms with Gasteiger partial charge in [-0.3, -0.25) is 0 Å². The number of hydrogen-bond donors (Lipinski definition) is 1. The van der Waals surface area contributed by atoms with Crippen molar-refractivity contribution in [1.82, 2.24) is 4.98 Å². The van der Waals surface area contributed by atoms with E-state index in [-0.39, 0.29) is 5.75 Å². The second-order valence-corrected chi connectivity index (χ2v) is 4.06. The van der Waals surface area contributed by atoms with E-state index in [2.05, 4.69) is 4.98 Å². The molecular formula is C14H15NO3. The molecule has 0 unspecified atom stereocenters. The molecule has 18 heavy (non-hydrogen) atoms. The van der Waals surface area contributed by atoms with Gasteiger partial charge in [0.15, 0.2) is 5.89 Å². The Hall–Kier alpha value is -2.10. The first-order chi connectivity index (χ1) is 8.81. The SMILES string of the molecule is O=CCCCCc1nc(-c2ccccc2O)co1. The lowest BCUT2D eigenvalue weighted by Gasteiger charge is -1.98. The van der Waals surface area contributed by atoms with Crippen LogP contribution >= 0.6 is 0 Å². The third-order valence-electron chi connectivity index (χ3n) is 2.69. The molecule has 0 radical (unpaired) electrons. The van der Waals surface area contributed by atoms with Crippen LogP contribution in [0.1, 0.15) is 25.2 Å². The second kappa shape index (κ2) is 6.00. The molecular weight excluding hydrogens is 230 g/mol. The molecule has 0 saturated heterocycles. The Morgan fingerprint density at radius 3 is 2.89 bits per heavy atom. The zero-order chi connectivity index (χ0) is 12.8. The van der Waals surface area contributed by atoms with Crippen molar-refractivity contribution in [2.24, 2.45) is 0 Å². The van der Waals surface area contributed by atoms with Crippen molar-refractivity contribution in [2.75, 3.05) is 0 Å². The van der Waals surface area contributed by atoms with Crippen LogP contribution in [0.15, 0.2) is 34.9 Å². The molecule has 0 amide bonds. The highest BCUT2D eigenvalue weighted by molar-refractivity contribution is 5.65. The summed E-state index contributed by atoms with van der Waals surface area (Å²) in [5, 5.41) is 9.70. The molecule has 4 nitrogen and oxygen atoms in total. The first-order valence-electron chi connectivity index (χ1n) is 5.97. The number of rotatable bonds is 6. The number of phenols is 1. The van der Waals surface area contributed by atoms with Gasteiger partial charge in [0, 0.05) is 18.4 Å². The van der Waals surface area contributed by atoms with Gasteiger partial charge in [-0.2, -0.15) is 0 Å². The number of benzene rings is 1. The van der Waals surface area contributed by atoms with Crippen LogP contribution in [0.5, 0.6) is 5.75 Å². The normalized spacial score (nSPS) is 10.4. The Kier molecular flexibility index (Phi) is 4.12. The third kappa shape index (κ3) is 2.97. The van der Waals surface area contributed by atoms with Gasteiger partial charge in [0.05, 0.1) is 0 Å². The molecule has 1 N–H and O–H groups in total. The van der Waals surface area contributed by atoms with E-state index in [1.54, 1.807) is 24.5 Å². The summed E-state index contributed by atoms with van der Waals surface area (Å²) in [4.78, 5) is 14.5. The summed E-state index contributed by atoms with van der Waals surface area (Å²) >= 11 is 0. The molecule has 94 valence electrons. The molecule has 1 aromatic heterocycles. The van der Waals surface area contributed by atoms with Crippen LogP contribution in [0.3, 0.4) is 0 Å². The number of unbranched alkanes of at least 4 members (excludes halogenated alkanes) is 2. The van der Waals surface area contributed by atoms with Crippen LogP contribution in [0.4, 0.5) is 0 Å². The average Bonchev–Trinajstić information content (AvgIpc) is 2.84. The number of para-hydroxylation sites is 1. The van der Waals surface area contributed by atoms with Gasteiger partial charge in [0.25, 0.3) is 0 Å². The fourth-order valence-electron chi connectivity index (χ4n) is 1.74. The molecule has 0 fully saturated rings. The second-order valence-electron chi connectivity index (χ2n) is 4.06. The first-order valence-corrected chi connectivity index (χ1v) is 5.97. The number of phenolic OH excluding ortho intramolecular Hbond substituents is 1. The number of aryl methyl sites for hydroxylation is 1. The summed E-state index contributed by atoms with van der Waals surface area (Å²) in [6.45, 7) is 0. The molecule has 1 aromatic carbocycles. The van der Waals surface area contributed by atoms with Gasteiger partial charge in [-0.15, -0.1) is 0 Å². The largest absolute Gasteiger partial charge is 0.507 e. The fourth-order valence-corrected chi connectivity index (χ4v) is 1.74. The van der Waals surface area contributed by atoms with E-state index in [9.17, 15) is 9.90 Å². The lowest BCUT2D eigenvalue weighted by Crippen LogP contribution is -1.87. The maximum absolute atomic E-state index is 10.2. The number of nitrogens with zero attached hydrogens (tertiary/aromatic N) is 1. The predicted molar refractivity (Wildman–Crippen MR) is 67.2 cm³/mol. The van der Waals surface area contributed by atoms with Gasteiger partial charge < -0.3 is 14.3 Å². The zero-order valence-electron chi connectivity index (χ0n) is 10.0. The van der Waals surface area contributed by atoms with Crippen LogP contribution < -0.4 is 0 Å².